The number of rotatable bonds is 3. The Morgan fingerprint density at radius 3 is 2.32 bits per heavy atom. The maximum Gasteiger partial charge on any atom is 0.356 e. The first-order chi connectivity index (χ1) is 8.79. The third kappa shape index (κ3) is 2.62. The summed E-state index contributed by atoms with van der Waals surface area (Å²) in [6.45, 7) is 0.828. The van der Waals surface area contributed by atoms with Crippen LogP contribution in [0.2, 0.25) is 0 Å². The third-order valence-corrected chi connectivity index (χ3v) is 2.79. The van der Waals surface area contributed by atoms with Crippen LogP contribution in [0, 0.1) is 0 Å². The predicted octanol–water partition coefficient (Wildman–Crippen LogP) is 2.90. The lowest BCUT2D eigenvalue weighted by Gasteiger charge is -2.11. The number of alkyl halides is 2. The van der Waals surface area contributed by atoms with Gasteiger partial charge in [-0.25, -0.2) is 13.6 Å². The molecular weight excluding hydrogens is 254 g/mol. The minimum absolute atomic E-state index is 0.0811. The Hall–Kier alpha value is -2.24. The molecule has 0 saturated heterocycles. The van der Waals surface area contributed by atoms with E-state index in [1.54, 1.807) is 7.05 Å². The molecule has 0 amide bonds. The third-order valence-electron chi connectivity index (χ3n) is 2.79. The molecule has 19 heavy (non-hydrogen) atoms. The van der Waals surface area contributed by atoms with Crippen molar-refractivity contribution in [3.63, 3.8) is 0 Å². The van der Waals surface area contributed by atoms with Crippen LogP contribution in [0.15, 0.2) is 30.3 Å². The fourth-order valence-corrected chi connectivity index (χ4v) is 1.78. The molecule has 100 valence electrons. The normalized spacial score (nSPS) is 11.6. The van der Waals surface area contributed by atoms with Crippen LogP contribution in [0.1, 0.15) is 23.0 Å². The van der Waals surface area contributed by atoms with Gasteiger partial charge in [0.15, 0.2) is 5.69 Å². The van der Waals surface area contributed by atoms with Crippen molar-refractivity contribution in [2.24, 2.45) is 7.05 Å². The molecular formula is C13H12F2N2O2. The molecule has 0 atom stereocenters. The first-order valence-electron chi connectivity index (χ1n) is 5.55. The summed E-state index contributed by atoms with van der Waals surface area (Å²) in [6.07, 6.45) is 0. The van der Waals surface area contributed by atoms with Gasteiger partial charge in [-0.3, -0.25) is 4.68 Å². The van der Waals surface area contributed by atoms with E-state index in [-0.39, 0.29) is 11.3 Å². The average Bonchev–Trinajstić information content (AvgIpc) is 2.70. The van der Waals surface area contributed by atoms with Crippen molar-refractivity contribution >= 4 is 5.97 Å². The van der Waals surface area contributed by atoms with E-state index < -0.39 is 11.9 Å². The van der Waals surface area contributed by atoms with E-state index >= 15 is 0 Å². The molecule has 1 aromatic carbocycles. The van der Waals surface area contributed by atoms with E-state index in [4.69, 9.17) is 5.11 Å². The Kier molecular flexibility index (Phi) is 3.09. The van der Waals surface area contributed by atoms with E-state index in [9.17, 15) is 13.6 Å². The highest BCUT2D eigenvalue weighted by atomic mass is 19.3. The van der Waals surface area contributed by atoms with E-state index in [1.165, 1.54) is 35.0 Å². The van der Waals surface area contributed by atoms with Crippen LogP contribution in [0.25, 0.3) is 11.3 Å². The van der Waals surface area contributed by atoms with Gasteiger partial charge in [0.2, 0.25) is 0 Å². The number of aryl methyl sites for hydroxylation is 1. The second-order valence-corrected chi connectivity index (χ2v) is 4.31. The molecule has 0 unspecified atom stereocenters. The molecule has 0 spiro atoms. The summed E-state index contributed by atoms with van der Waals surface area (Å²) in [5.74, 6) is -4.02. The first kappa shape index (κ1) is 13.2. The van der Waals surface area contributed by atoms with Crippen molar-refractivity contribution in [2.45, 2.75) is 12.8 Å². The van der Waals surface area contributed by atoms with Gasteiger partial charge < -0.3 is 5.11 Å². The Bertz CT molecular complexity index is 613. The zero-order valence-electron chi connectivity index (χ0n) is 10.4. The topological polar surface area (TPSA) is 55.1 Å². The Labute approximate surface area is 108 Å². The van der Waals surface area contributed by atoms with Crippen molar-refractivity contribution in [1.82, 2.24) is 9.78 Å². The van der Waals surface area contributed by atoms with E-state index in [0.717, 1.165) is 6.92 Å². The molecule has 2 rings (SSSR count). The van der Waals surface area contributed by atoms with Crippen LogP contribution < -0.4 is 0 Å². The van der Waals surface area contributed by atoms with Crippen molar-refractivity contribution < 1.29 is 18.7 Å². The number of halogens is 2. The van der Waals surface area contributed by atoms with Gasteiger partial charge in [0, 0.05) is 19.5 Å². The monoisotopic (exact) mass is 266 g/mol. The number of aromatic nitrogens is 2. The first-order valence-corrected chi connectivity index (χ1v) is 5.55. The van der Waals surface area contributed by atoms with E-state index in [1.807, 2.05) is 0 Å². The lowest BCUT2D eigenvalue weighted by Crippen LogP contribution is -2.06. The smallest absolute Gasteiger partial charge is 0.356 e. The molecule has 0 fully saturated rings. The summed E-state index contributed by atoms with van der Waals surface area (Å²) in [5.41, 5.74) is 1.03. The largest absolute Gasteiger partial charge is 0.476 e. The van der Waals surface area contributed by atoms with Gasteiger partial charge in [-0.2, -0.15) is 5.10 Å². The summed E-state index contributed by atoms with van der Waals surface area (Å²) < 4.78 is 27.6. The van der Waals surface area contributed by atoms with Crippen LogP contribution in [0.4, 0.5) is 8.78 Å². The second-order valence-electron chi connectivity index (χ2n) is 4.31. The zero-order valence-corrected chi connectivity index (χ0v) is 10.4. The number of hydrogen-bond donors (Lipinski definition) is 1. The lowest BCUT2D eigenvalue weighted by molar-refractivity contribution is 0.0175. The average molecular weight is 266 g/mol. The number of hydrogen-bond acceptors (Lipinski definition) is 2. The van der Waals surface area contributed by atoms with Crippen molar-refractivity contribution in [2.75, 3.05) is 0 Å². The number of carboxylic acids is 1. The van der Waals surface area contributed by atoms with Gasteiger partial charge in [0.05, 0.1) is 5.69 Å². The number of carboxylic acid groups (broad SMARTS) is 1. The van der Waals surface area contributed by atoms with E-state index in [0.29, 0.717) is 11.3 Å². The zero-order chi connectivity index (χ0) is 14.2. The molecule has 0 aliphatic rings. The van der Waals surface area contributed by atoms with Crippen LogP contribution in [-0.4, -0.2) is 20.9 Å². The fourth-order valence-electron chi connectivity index (χ4n) is 1.78. The maximum atomic E-state index is 13.1. The van der Waals surface area contributed by atoms with Crippen molar-refractivity contribution in [1.29, 1.82) is 0 Å². The highest BCUT2D eigenvalue weighted by Crippen LogP contribution is 2.29. The van der Waals surface area contributed by atoms with Gasteiger partial charge >= 0.3 is 5.97 Å². The van der Waals surface area contributed by atoms with Gasteiger partial charge in [0.1, 0.15) is 0 Å². The van der Waals surface area contributed by atoms with Gasteiger partial charge in [-0.05, 0) is 11.6 Å². The molecule has 0 saturated carbocycles. The summed E-state index contributed by atoms with van der Waals surface area (Å²) in [4.78, 5) is 10.8. The van der Waals surface area contributed by atoms with Crippen LogP contribution in [0.3, 0.4) is 0 Å². The fraction of sp³-hybridized carbons (Fsp3) is 0.231. The lowest BCUT2D eigenvalue weighted by atomic mass is 10.1. The van der Waals surface area contributed by atoms with Gasteiger partial charge in [0.25, 0.3) is 5.92 Å². The second kappa shape index (κ2) is 4.46. The molecule has 0 radical (unpaired) electrons. The van der Waals surface area contributed by atoms with Crippen LogP contribution >= 0.6 is 0 Å². The summed E-state index contributed by atoms with van der Waals surface area (Å²) in [7, 11) is 1.60. The molecule has 1 heterocycles. The van der Waals surface area contributed by atoms with Gasteiger partial charge in [-0.15, -0.1) is 0 Å². The summed E-state index contributed by atoms with van der Waals surface area (Å²) in [6, 6.07) is 7.09. The minimum atomic E-state index is -2.89. The quantitative estimate of drug-likeness (QED) is 0.929. The Balaban J connectivity index is 2.40. The number of benzene rings is 1. The van der Waals surface area contributed by atoms with Crippen LogP contribution in [-0.2, 0) is 13.0 Å². The highest BCUT2D eigenvalue weighted by Gasteiger charge is 2.24. The molecule has 1 N–H and O–H groups in total. The molecule has 0 aliphatic carbocycles. The van der Waals surface area contributed by atoms with Crippen molar-refractivity contribution in [3.05, 3.63) is 41.6 Å². The number of carbonyl (C=O) groups is 1. The van der Waals surface area contributed by atoms with Crippen LogP contribution in [0.5, 0.6) is 0 Å². The standard InChI is InChI=1S/C13H12F2N2O2/c1-13(14,15)9-5-3-8(4-6-9)11-7-10(12(18)19)16-17(11)2/h3-7H,1-2H3,(H,18,19). The Morgan fingerprint density at radius 2 is 1.89 bits per heavy atom. The molecule has 0 bridgehead atoms. The molecule has 2 aromatic rings. The number of aromatic carboxylic acids is 1. The summed E-state index contributed by atoms with van der Waals surface area (Å²) >= 11 is 0. The van der Waals surface area contributed by atoms with E-state index in [2.05, 4.69) is 5.10 Å². The predicted molar refractivity (Wildman–Crippen MR) is 65.2 cm³/mol. The number of nitrogens with zero attached hydrogens (tertiary/aromatic N) is 2. The molecule has 0 aliphatic heterocycles. The SMILES string of the molecule is Cn1nc(C(=O)O)cc1-c1ccc(C(C)(F)F)cc1. The molecule has 4 nitrogen and oxygen atoms in total. The molecule has 6 heteroatoms. The molecule has 1 aromatic heterocycles. The Morgan fingerprint density at radius 1 is 1.32 bits per heavy atom. The summed E-state index contributed by atoms with van der Waals surface area (Å²) in [5, 5.41) is 12.7. The minimum Gasteiger partial charge on any atom is -0.476 e. The highest BCUT2D eigenvalue weighted by molar-refractivity contribution is 5.87. The van der Waals surface area contributed by atoms with Gasteiger partial charge in [-0.1, -0.05) is 24.3 Å². The van der Waals surface area contributed by atoms with Crippen molar-refractivity contribution in [3.8, 4) is 11.3 Å². The maximum absolute atomic E-state index is 13.1.